The number of carbonyl (C=O) groups excluding carboxylic acids is 2. The van der Waals surface area contributed by atoms with Gasteiger partial charge in [0.2, 0.25) is 0 Å². The number of anilines is 1. The Kier molecular flexibility index (Phi) is 7.87. The number of hydrogen-bond donors (Lipinski definition) is 2. The zero-order chi connectivity index (χ0) is 28.1. The van der Waals surface area contributed by atoms with Gasteiger partial charge in [-0.05, 0) is 46.0 Å². The number of carbonyl (C=O) groups is 3. The fourth-order valence-corrected chi connectivity index (χ4v) is 5.00. The summed E-state index contributed by atoms with van der Waals surface area (Å²) in [5, 5.41) is 11.8. The van der Waals surface area contributed by atoms with E-state index in [1.807, 2.05) is 78.9 Å². The van der Waals surface area contributed by atoms with Gasteiger partial charge >= 0.3 is 12.1 Å². The van der Waals surface area contributed by atoms with Gasteiger partial charge in [0.15, 0.2) is 0 Å². The molecule has 40 heavy (non-hydrogen) atoms. The Morgan fingerprint density at radius 1 is 0.850 bits per heavy atom. The number of carboxylic acids is 1. The highest BCUT2D eigenvalue weighted by Gasteiger charge is 2.29. The van der Waals surface area contributed by atoms with Crippen LogP contribution in [0.25, 0.3) is 11.1 Å². The van der Waals surface area contributed by atoms with Crippen LogP contribution in [0.2, 0.25) is 0 Å². The van der Waals surface area contributed by atoms with Gasteiger partial charge in [-0.1, -0.05) is 78.9 Å². The van der Waals surface area contributed by atoms with E-state index in [1.54, 1.807) is 0 Å². The van der Waals surface area contributed by atoms with E-state index in [0.717, 1.165) is 39.9 Å². The minimum Gasteiger partial charge on any atom is -0.481 e. The van der Waals surface area contributed by atoms with E-state index < -0.39 is 23.8 Å². The first-order chi connectivity index (χ1) is 19.4. The molecule has 2 N–H and O–H groups in total. The van der Waals surface area contributed by atoms with Crippen LogP contribution in [0.1, 0.15) is 39.4 Å². The van der Waals surface area contributed by atoms with Gasteiger partial charge in [0.1, 0.15) is 12.4 Å². The van der Waals surface area contributed by atoms with Gasteiger partial charge in [-0.2, -0.15) is 0 Å². The number of halogens is 1. The zero-order valence-corrected chi connectivity index (χ0v) is 21.5. The molecule has 0 bridgehead atoms. The van der Waals surface area contributed by atoms with Crippen LogP contribution >= 0.6 is 0 Å². The molecule has 1 aliphatic rings. The normalized spacial score (nSPS) is 11.8. The van der Waals surface area contributed by atoms with Crippen LogP contribution in [-0.2, 0) is 16.1 Å². The number of amides is 2. The van der Waals surface area contributed by atoms with Crippen molar-refractivity contribution >= 4 is 23.7 Å². The molecule has 0 saturated heterocycles. The van der Waals surface area contributed by atoms with Gasteiger partial charge in [-0.3, -0.25) is 14.9 Å². The Bertz CT molecular complexity index is 1510. The average Bonchev–Trinajstić information content (AvgIpc) is 3.29. The predicted octanol–water partition coefficient (Wildman–Crippen LogP) is 6.30. The monoisotopic (exact) mass is 538 g/mol. The van der Waals surface area contributed by atoms with Crippen molar-refractivity contribution in [3.8, 4) is 11.1 Å². The zero-order valence-electron chi connectivity index (χ0n) is 21.5. The molecular formula is C32H27FN2O5. The lowest BCUT2D eigenvalue weighted by Gasteiger charge is -2.24. The molecule has 0 fully saturated rings. The first-order valence-corrected chi connectivity index (χ1v) is 12.9. The Morgan fingerprint density at radius 2 is 1.48 bits per heavy atom. The second-order valence-corrected chi connectivity index (χ2v) is 9.50. The molecule has 4 aromatic carbocycles. The van der Waals surface area contributed by atoms with Gasteiger partial charge in [0.25, 0.3) is 5.91 Å². The largest absolute Gasteiger partial charge is 0.481 e. The second-order valence-electron chi connectivity index (χ2n) is 9.50. The van der Waals surface area contributed by atoms with Gasteiger partial charge in [0.05, 0.1) is 17.7 Å². The highest BCUT2D eigenvalue weighted by Crippen LogP contribution is 2.44. The summed E-state index contributed by atoms with van der Waals surface area (Å²) < 4.78 is 19.9. The lowest BCUT2D eigenvalue weighted by atomic mass is 9.98. The summed E-state index contributed by atoms with van der Waals surface area (Å²) in [5.74, 6) is -2.50. The highest BCUT2D eigenvalue weighted by molar-refractivity contribution is 6.02. The van der Waals surface area contributed by atoms with Crippen molar-refractivity contribution in [3.63, 3.8) is 0 Å². The van der Waals surface area contributed by atoms with E-state index in [4.69, 9.17) is 4.74 Å². The van der Waals surface area contributed by atoms with Crippen molar-refractivity contribution in [1.29, 1.82) is 0 Å². The molecule has 0 aromatic heterocycles. The maximum atomic E-state index is 14.3. The minimum absolute atomic E-state index is 0.0667. The van der Waals surface area contributed by atoms with Crippen molar-refractivity contribution in [2.45, 2.75) is 18.9 Å². The molecule has 0 saturated carbocycles. The summed E-state index contributed by atoms with van der Waals surface area (Å²) in [4.78, 5) is 39.0. The molecule has 8 heteroatoms. The van der Waals surface area contributed by atoms with Gasteiger partial charge in [-0.15, -0.1) is 0 Å². The Labute approximate surface area is 230 Å². The maximum absolute atomic E-state index is 14.3. The molecular weight excluding hydrogens is 511 g/mol. The number of rotatable bonds is 9. The summed E-state index contributed by atoms with van der Waals surface area (Å²) in [7, 11) is 0. The van der Waals surface area contributed by atoms with Crippen molar-refractivity contribution in [2.24, 2.45) is 0 Å². The predicted molar refractivity (Wildman–Crippen MR) is 149 cm³/mol. The summed E-state index contributed by atoms with van der Waals surface area (Å²) in [6.45, 7) is 0.0981. The molecule has 4 aromatic rings. The standard InChI is InChI=1S/C32H27FN2O5/c33-22-14-15-29(27(18-22)31(38)35(17-16-30(36)37)19-21-8-2-1-3-9-21)34-32(39)40-20-28-25-12-6-4-10-23(25)24-11-5-7-13-26(24)28/h1-15,18,28H,16-17,19-20H2,(H,34,39)(H,36,37). The van der Waals surface area contributed by atoms with E-state index in [0.29, 0.717) is 0 Å². The average molecular weight is 539 g/mol. The topological polar surface area (TPSA) is 95.9 Å². The Morgan fingerprint density at radius 3 is 2.12 bits per heavy atom. The Balaban J connectivity index is 1.33. The molecule has 0 radical (unpaired) electrons. The fourth-order valence-electron chi connectivity index (χ4n) is 5.00. The second kappa shape index (κ2) is 11.8. The summed E-state index contributed by atoms with van der Waals surface area (Å²) >= 11 is 0. The van der Waals surface area contributed by atoms with Crippen LogP contribution in [0.3, 0.4) is 0 Å². The lowest BCUT2D eigenvalue weighted by molar-refractivity contribution is -0.137. The maximum Gasteiger partial charge on any atom is 0.411 e. The number of nitrogens with zero attached hydrogens (tertiary/aromatic N) is 1. The molecule has 5 rings (SSSR count). The van der Waals surface area contributed by atoms with E-state index in [2.05, 4.69) is 5.32 Å². The number of carboxylic acid groups (broad SMARTS) is 1. The van der Waals surface area contributed by atoms with E-state index in [-0.39, 0.29) is 43.3 Å². The van der Waals surface area contributed by atoms with Gasteiger partial charge in [-0.25, -0.2) is 9.18 Å². The number of aliphatic carboxylic acids is 1. The number of fused-ring (bicyclic) bond motifs is 3. The van der Waals surface area contributed by atoms with E-state index in [1.165, 1.54) is 11.0 Å². The van der Waals surface area contributed by atoms with Crippen molar-refractivity contribution in [3.05, 3.63) is 125 Å². The SMILES string of the molecule is O=C(O)CCN(Cc1ccccc1)C(=O)c1cc(F)ccc1NC(=O)OCC1c2ccccc2-c2ccccc21. The number of ether oxygens (including phenoxy) is 1. The molecule has 0 atom stereocenters. The third-order valence-corrected chi connectivity index (χ3v) is 6.89. The van der Waals surface area contributed by atoms with Crippen LogP contribution in [0.5, 0.6) is 0 Å². The third kappa shape index (κ3) is 5.86. The van der Waals surface area contributed by atoms with Gasteiger partial charge < -0.3 is 14.7 Å². The molecule has 0 heterocycles. The summed E-state index contributed by atoms with van der Waals surface area (Å²) in [6, 6.07) is 28.4. The van der Waals surface area contributed by atoms with Crippen molar-refractivity contribution in [2.75, 3.05) is 18.5 Å². The summed E-state index contributed by atoms with van der Waals surface area (Å²) in [5.41, 5.74) is 5.06. The van der Waals surface area contributed by atoms with Gasteiger partial charge in [0, 0.05) is 19.0 Å². The summed E-state index contributed by atoms with van der Waals surface area (Å²) in [6.07, 6.45) is -1.08. The molecule has 202 valence electrons. The highest BCUT2D eigenvalue weighted by atomic mass is 19.1. The first kappa shape index (κ1) is 26.6. The number of benzene rings is 4. The van der Waals surface area contributed by atoms with Crippen LogP contribution < -0.4 is 5.32 Å². The number of hydrogen-bond acceptors (Lipinski definition) is 4. The molecule has 7 nitrogen and oxygen atoms in total. The van der Waals surface area contributed by atoms with E-state index >= 15 is 0 Å². The number of nitrogens with one attached hydrogen (secondary N) is 1. The molecule has 2 amide bonds. The molecule has 1 aliphatic carbocycles. The first-order valence-electron chi connectivity index (χ1n) is 12.9. The molecule has 0 unspecified atom stereocenters. The van der Waals surface area contributed by atoms with Crippen LogP contribution in [-0.4, -0.2) is 41.1 Å². The van der Waals surface area contributed by atoms with Crippen LogP contribution in [0, 0.1) is 5.82 Å². The fraction of sp³-hybridized carbons (Fsp3) is 0.156. The van der Waals surface area contributed by atoms with Crippen molar-refractivity contribution in [1.82, 2.24) is 4.90 Å². The third-order valence-electron chi connectivity index (χ3n) is 6.89. The minimum atomic E-state index is -1.07. The van der Waals surface area contributed by atoms with E-state index in [9.17, 15) is 23.9 Å². The lowest BCUT2D eigenvalue weighted by Crippen LogP contribution is -2.33. The van der Waals surface area contributed by atoms with Crippen molar-refractivity contribution < 1.29 is 28.6 Å². The van der Waals surface area contributed by atoms with Crippen LogP contribution in [0.15, 0.2) is 97.1 Å². The molecule has 0 spiro atoms. The quantitative estimate of drug-likeness (QED) is 0.261. The Hall–Kier alpha value is -4.98. The smallest absolute Gasteiger partial charge is 0.411 e. The van der Waals surface area contributed by atoms with Crippen LogP contribution in [0.4, 0.5) is 14.9 Å². The molecule has 0 aliphatic heterocycles.